The molecule has 0 aliphatic carbocycles. The molecule has 4 nitrogen and oxygen atoms in total. The van der Waals surface area contributed by atoms with Crippen LogP contribution in [0.5, 0.6) is 0 Å². The summed E-state index contributed by atoms with van der Waals surface area (Å²) in [4.78, 5) is 4.10. The highest BCUT2D eigenvalue weighted by Gasteiger charge is 2.12. The predicted octanol–water partition coefficient (Wildman–Crippen LogP) is 2.46. The lowest BCUT2D eigenvalue weighted by Gasteiger charge is -2.07. The molecule has 0 unspecified atom stereocenters. The lowest BCUT2D eigenvalue weighted by atomic mass is 10.00. The predicted molar refractivity (Wildman–Crippen MR) is 61.7 cm³/mol. The van der Waals surface area contributed by atoms with Crippen molar-refractivity contribution < 1.29 is 8.91 Å². The average molecular weight is 235 g/mol. The van der Waals surface area contributed by atoms with Gasteiger partial charge in [0.15, 0.2) is 0 Å². The molecule has 5 heteroatoms. The molecule has 2 aromatic rings. The van der Waals surface area contributed by atoms with E-state index < -0.39 is 0 Å². The zero-order valence-corrected chi connectivity index (χ0v) is 9.77. The normalized spacial score (nSPS) is 11.1. The lowest BCUT2D eigenvalue weighted by molar-refractivity contribution is 0.380. The smallest absolute Gasteiger partial charge is 0.240 e. The monoisotopic (exact) mass is 235 g/mol. The van der Waals surface area contributed by atoms with Crippen LogP contribution in [-0.2, 0) is 6.54 Å². The van der Waals surface area contributed by atoms with Crippen molar-refractivity contribution in [2.24, 2.45) is 5.73 Å². The van der Waals surface area contributed by atoms with E-state index in [1.807, 2.05) is 13.8 Å². The molecule has 0 amide bonds. The first-order chi connectivity index (χ1) is 8.11. The molecule has 0 atom stereocenters. The van der Waals surface area contributed by atoms with Crippen LogP contribution in [0.1, 0.15) is 31.2 Å². The van der Waals surface area contributed by atoms with Crippen LogP contribution in [0.3, 0.4) is 0 Å². The van der Waals surface area contributed by atoms with Gasteiger partial charge in [0.05, 0.1) is 6.54 Å². The number of hydrogen-bond donors (Lipinski definition) is 1. The second kappa shape index (κ2) is 4.63. The summed E-state index contributed by atoms with van der Waals surface area (Å²) >= 11 is 0. The van der Waals surface area contributed by atoms with Crippen molar-refractivity contribution in [3.8, 4) is 11.4 Å². The number of rotatable bonds is 3. The molecule has 0 spiro atoms. The van der Waals surface area contributed by atoms with E-state index in [2.05, 4.69) is 10.1 Å². The van der Waals surface area contributed by atoms with Crippen LogP contribution >= 0.6 is 0 Å². The van der Waals surface area contributed by atoms with Gasteiger partial charge in [-0.3, -0.25) is 0 Å². The Morgan fingerprint density at radius 3 is 2.76 bits per heavy atom. The Hall–Kier alpha value is -1.75. The summed E-state index contributed by atoms with van der Waals surface area (Å²) in [5.74, 6) is 0.699. The van der Waals surface area contributed by atoms with Crippen LogP contribution in [0.2, 0.25) is 0 Å². The topological polar surface area (TPSA) is 64.9 Å². The third kappa shape index (κ3) is 2.34. The van der Waals surface area contributed by atoms with Crippen LogP contribution in [-0.4, -0.2) is 10.1 Å². The van der Waals surface area contributed by atoms with Gasteiger partial charge in [-0.2, -0.15) is 4.98 Å². The fourth-order valence-corrected chi connectivity index (χ4v) is 1.58. The standard InChI is InChI=1S/C12H14FN3O/c1-7(2)9-5-8(3-4-10(9)13)12-15-11(6-14)17-16-12/h3-5,7H,6,14H2,1-2H3. The molecule has 0 bridgehead atoms. The number of nitrogens with zero attached hydrogens (tertiary/aromatic N) is 2. The minimum Gasteiger partial charge on any atom is -0.338 e. The SMILES string of the molecule is CC(C)c1cc(-c2noc(CN)n2)ccc1F. The minimum atomic E-state index is -0.216. The zero-order valence-electron chi connectivity index (χ0n) is 9.77. The van der Waals surface area contributed by atoms with Crippen molar-refractivity contribution in [2.45, 2.75) is 26.3 Å². The van der Waals surface area contributed by atoms with Gasteiger partial charge in [-0.15, -0.1) is 0 Å². The van der Waals surface area contributed by atoms with Crippen molar-refractivity contribution in [1.82, 2.24) is 10.1 Å². The summed E-state index contributed by atoms with van der Waals surface area (Å²) in [5.41, 5.74) is 6.76. The average Bonchev–Trinajstić information content (AvgIpc) is 2.78. The fourth-order valence-electron chi connectivity index (χ4n) is 1.58. The lowest BCUT2D eigenvalue weighted by Crippen LogP contribution is -1.96. The first-order valence-corrected chi connectivity index (χ1v) is 5.44. The Morgan fingerprint density at radius 1 is 1.41 bits per heavy atom. The molecular formula is C12H14FN3O. The highest BCUT2D eigenvalue weighted by atomic mass is 19.1. The van der Waals surface area contributed by atoms with Crippen LogP contribution in [0.4, 0.5) is 4.39 Å². The van der Waals surface area contributed by atoms with Gasteiger partial charge < -0.3 is 10.3 Å². The Balaban J connectivity index is 2.42. The number of nitrogens with two attached hydrogens (primary N) is 1. The van der Waals surface area contributed by atoms with Gasteiger partial charge in [-0.05, 0) is 29.7 Å². The maximum absolute atomic E-state index is 13.5. The number of aromatic nitrogens is 2. The number of benzene rings is 1. The number of hydrogen-bond acceptors (Lipinski definition) is 4. The maximum Gasteiger partial charge on any atom is 0.240 e. The second-order valence-corrected chi connectivity index (χ2v) is 4.11. The summed E-state index contributed by atoms with van der Waals surface area (Å²) in [6, 6.07) is 4.79. The van der Waals surface area contributed by atoms with E-state index in [0.29, 0.717) is 17.3 Å². The summed E-state index contributed by atoms with van der Waals surface area (Å²) in [6.45, 7) is 4.07. The molecule has 2 N–H and O–H groups in total. The van der Waals surface area contributed by atoms with E-state index in [4.69, 9.17) is 10.3 Å². The number of halogens is 1. The van der Waals surface area contributed by atoms with Gasteiger partial charge in [0, 0.05) is 5.56 Å². The molecular weight excluding hydrogens is 221 g/mol. The Morgan fingerprint density at radius 2 is 2.18 bits per heavy atom. The van der Waals surface area contributed by atoms with Crippen LogP contribution in [0.15, 0.2) is 22.7 Å². The van der Waals surface area contributed by atoms with Crippen molar-refractivity contribution in [2.75, 3.05) is 0 Å². The largest absolute Gasteiger partial charge is 0.338 e. The van der Waals surface area contributed by atoms with Crippen LogP contribution < -0.4 is 5.73 Å². The summed E-state index contributed by atoms with van der Waals surface area (Å²) in [5, 5.41) is 3.80. The molecule has 0 aliphatic rings. The summed E-state index contributed by atoms with van der Waals surface area (Å²) < 4.78 is 18.4. The molecule has 1 aromatic carbocycles. The quantitative estimate of drug-likeness (QED) is 0.887. The Kier molecular flexibility index (Phi) is 3.19. The van der Waals surface area contributed by atoms with Crippen molar-refractivity contribution >= 4 is 0 Å². The third-order valence-corrected chi connectivity index (χ3v) is 2.52. The third-order valence-electron chi connectivity index (χ3n) is 2.52. The van der Waals surface area contributed by atoms with E-state index in [1.54, 1.807) is 12.1 Å². The van der Waals surface area contributed by atoms with Gasteiger partial charge in [0.1, 0.15) is 5.82 Å². The van der Waals surface area contributed by atoms with E-state index in [1.165, 1.54) is 6.07 Å². The van der Waals surface area contributed by atoms with Gasteiger partial charge >= 0.3 is 0 Å². The fraction of sp³-hybridized carbons (Fsp3) is 0.333. The maximum atomic E-state index is 13.5. The minimum absolute atomic E-state index is 0.107. The van der Waals surface area contributed by atoms with Gasteiger partial charge in [0.2, 0.25) is 11.7 Å². The summed E-state index contributed by atoms with van der Waals surface area (Å²) in [6.07, 6.45) is 0. The van der Waals surface area contributed by atoms with Gasteiger partial charge in [-0.25, -0.2) is 4.39 Å². The molecule has 1 aromatic heterocycles. The molecule has 0 saturated heterocycles. The molecule has 0 radical (unpaired) electrons. The highest BCUT2D eigenvalue weighted by Crippen LogP contribution is 2.24. The molecule has 0 saturated carbocycles. The molecule has 1 heterocycles. The highest BCUT2D eigenvalue weighted by molar-refractivity contribution is 5.56. The van der Waals surface area contributed by atoms with E-state index in [0.717, 1.165) is 5.56 Å². The molecule has 0 fully saturated rings. The van der Waals surface area contributed by atoms with Crippen LogP contribution in [0.25, 0.3) is 11.4 Å². The van der Waals surface area contributed by atoms with E-state index in [-0.39, 0.29) is 18.3 Å². The molecule has 0 aliphatic heterocycles. The van der Waals surface area contributed by atoms with Crippen LogP contribution in [0, 0.1) is 5.82 Å². The van der Waals surface area contributed by atoms with Gasteiger partial charge in [0.25, 0.3) is 0 Å². The van der Waals surface area contributed by atoms with Crippen molar-refractivity contribution in [1.29, 1.82) is 0 Å². The van der Waals surface area contributed by atoms with E-state index >= 15 is 0 Å². The summed E-state index contributed by atoms with van der Waals surface area (Å²) in [7, 11) is 0. The second-order valence-electron chi connectivity index (χ2n) is 4.11. The first-order valence-electron chi connectivity index (χ1n) is 5.44. The van der Waals surface area contributed by atoms with E-state index in [9.17, 15) is 4.39 Å². The zero-order chi connectivity index (χ0) is 12.4. The van der Waals surface area contributed by atoms with Gasteiger partial charge in [-0.1, -0.05) is 19.0 Å². The Labute approximate surface area is 98.6 Å². The first kappa shape index (κ1) is 11.7. The molecule has 17 heavy (non-hydrogen) atoms. The molecule has 90 valence electrons. The van der Waals surface area contributed by atoms with Crippen molar-refractivity contribution in [3.63, 3.8) is 0 Å². The molecule has 2 rings (SSSR count). The van der Waals surface area contributed by atoms with Crippen molar-refractivity contribution in [3.05, 3.63) is 35.5 Å². The Bertz CT molecular complexity index is 522.